The van der Waals surface area contributed by atoms with E-state index in [2.05, 4.69) is 27.7 Å². The molecule has 0 radical (unpaired) electrons. The Morgan fingerprint density at radius 3 is 0.728 bits per heavy atom. The summed E-state index contributed by atoms with van der Waals surface area (Å²) in [6, 6.07) is 0. The third-order valence-electron chi connectivity index (χ3n) is 14.4. The van der Waals surface area contributed by atoms with Crippen molar-refractivity contribution in [2.45, 2.75) is 335 Å². The van der Waals surface area contributed by atoms with Crippen LogP contribution in [0.25, 0.3) is 0 Å². The minimum Gasteiger partial charge on any atom is -0.462 e. The van der Waals surface area contributed by atoms with Gasteiger partial charge in [-0.15, -0.1) is 0 Å². The van der Waals surface area contributed by atoms with Gasteiger partial charge < -0.3 is 33.8 Å². The van der Waals surface area contributed by atoms with Crippen LogP contribution in [0.2, 0.25) is 0 Å². The SMILES string of the molecule is CCCCCCCCCCCCCCCCCCC(=O)O[C@H](COC(=O)CCCCCCCCCCC)COP(=O)(O)OC[C@@H](O)COP(=O)(O)OC[C@@H](COC(=O)CCCCCCCCCC)OC(=O)CCCCCCCCCC. The van der Waals surface area contributed by atoms with Gasteiger partial charge in [-0.05, 0) is 25.7 Å². The Balaban J connectivity index is 5.16. The summed E-state index contributed by atoms with van der Waals surface area (Å²) in [4.78, 5) is 71.9. The predicted molar refractivity (Wildman–Crippen MR) is 322 cm³/mol. The molecule has 0 fully saturated rings. The van der Waals surface area contributed by atoms with E-state index >= 15 is 0 Å². The molecule has 17 nitrogen and oxygen atoms in total. The smallest absolute Gasteiger partial charge is 0.462 e. The van der Waals surface area contributed by atoms with E-state index in [9.17, 15) is 43.2 Å². The fraction of sp³-hybridized carbons (Fsp3) is 0.935. The van der Waals surface area contributed by atoms with Gasteiger partial charge >= 0.3 is 39.5 Å². The lowest BCUT2D eigenvalue weighted by molar-refractivity contribution is -0.161. The zero-order valence-corrected chi connectivity index (χ0v) is 53.5. The number of unbranched alkanes of at least 4 members (excludes halogenated alkanes) is 37. The van der Waals surface area contributed by atoms with Crippen molar-refractivity contribution < 1.29 is 80.2 Å². The van der Waals surface area contributed by atoms with E-state index in [-0.39, 0.29) is 25.7 Å². The second-order valence-electron chi connectivity index (χ2n) is 22.4. The molecular weight excluding hydrogens is 1080 g/mol. The van der Waals surface area contributed by atoms with Gasteiger partial charge in [0.25, 0.3) is 0 Å². The van der Waals surface area contributed by atoms with E-state index in [1.165, 1.54) is 135 Å². The topological polar surface area (TPSA) is 237 Å². The lowest BCUT2D eigenvalue weighted by atomic mass is 10.0. The Bertz CT molecular complexity index is 1570. The van der Waals surface area contributed by atoms with Gasteiger partial charge in [0, 0.05) is 25.7 Å². The van der Waals surface area contributed by atoms with E-state index in [0.29, 0.717) is 25.7 Å². The summed E-state index contributed by atoms with van der Waals surface area (Å²) < 4.78 is 67.8. The first-order chi connectivity index (χ1) is 39.2. The number of carbonyl (C=O) groups is 4. The third-order valence-corrected chi connectivity index (χ3v) is 16.3. The monoisotopic (exact) mass is 1200 g/mol. The average molecular weight is 1200 g/mol. The zero-order valence-electron chi connectivity index (χ0n) is 51.7. The number of hydrogen-bond donors (Lipinski definition) is 3. The highest BCUT2D eigenvalue weighted by Crippen LogP contribution is 2.45. The highest BCUT2D eigenvalue weighted by molar-refractivity contribution is 7.47. The highest BCUT2D eigenvalue weighted by atomic mass is 31.2. The number of aliphatic hydroxyl groups is 1. The van der Waals surface area contributed by atoms with Gasteiger partial charge in [0.15, 0.2) is 12.2 Å². The number of hydrogen-bond acceptors (Lipinski definition) is 15. The molecular formula is C62H120O17P2. The maximum atomic E-state index is 12.9. The molecule has 3 N–H and O–H groups in total. The second kappa shape index (κ2) is 57.2. The van der Waals surface area contributed by atoms with Crippen LogP contribution < -0.4 is 0 Å². The quantitative estimate of drug-likeness (QED) is 0.0222. The first kappa shape index (κ1) is 79.1. The van der Waals surface area contributed by atoms with Crippen molar-refractivity contribution in [2.24, 2.45) is 0 Å². The molecule has 0 aliphatic rings. The molecule has 0 bridgehead atoms. The van der Waals surface area contributed by atoms with Gasteiger partial charge in [-0.25, -0.2) is 9.13 Å². The molecule has 81 heavy (non-hydrogen) atoms. The molecule has 0 aliphatic heterocycles. The third kappa shape index (κ3) is 56.9. The summed E-state index contributed by atoms with van der Waals surface area (Å²) in [5, 5.41) is 10.5. The molecule has 0 amide bonds. The number of phosphoric ester groups is 2. The van der Waals surface area contributed by atoms with Crippen LogP contribution in [0.1, 0.15) is 317 Å². The Hall–Kier alpha value is -1.94. The van der Waals surface area contributed by atoms with Crippen LogP contribution in [-0.4, -0.2) is 96.7 Å². The molecule has 0 aromatic heterocycles. The first-order valence-corrected chi connectivity index (χ1v) is 35.8. The lowest BCUT2D eigenvalue weighted by Crippen LogP contribution is -2.30. The van der Waals surface area contributed by atoms with E-state index in [0.717, 1.165) is 103 Å². The maximum Gasteiger partial charge on any atom is 0.472 e. The molecule has 0 aliphatic carbocycles. The number of phosphoric acid groups is 2. The molecule has 2 unspecified atom stereocenters. The Morgan fingerprint density at radius 1 is 0.296 bits per heavy atom. The van der Waals surface area contributed by atoms with Crippen LogP contribution in [0.5, 0.6) is 0 Å². The number of carbonyl (C=O) groups excluding carboxylic acids is 4. The Labute approximate surface area is 492 Å². The normalized spacial score (nSPS) is 14.2. The summed E-state index contributed by atoms with van der Waals surface area (Å²) >= 11 is 0. The largest absolute Gasteiger partial charge is 0.472 e. The summed E-state index contributed by atoms with van der Waals surface area (Å²) in [5.41, 5.74) is 0. The number of aliphatic hydroxyl groups excluding tert-OH is 1. The van der Waals surface area contributed by atoms with Crippen molar-refractivity contribution in [2.75, 3.05) is 39.6 Å². The van der Waals surface area contributed by atoms with Crippen LogP contribution in [0.3, 0.4) is 0 Å². The molecule has 0 aromatic rings. The van der Waals surface area contributed by atoms with Gasteiger partial charge in [-0.2, -0.15) is 0 Å². The number of esters is 4. The molecule has 0 heterocycles. The zero-order chi connectivity index (χ0) is 59.8. The highest BCUT2D eigenvalue weighted by Gasteiger charge is 2.30. The van der Waals surface area contributed by atoms with Gasteiger partial charge in [0.1, 0.15) is 19.3 Å². The molecule has 19 heteroatoms. The van der Waals surface area contributed by atoms with Crippen LogP contribution in [0.4, 0.5) is 0 Å². The summed E-state index contributed by atoms with van der Waals surface area (Å²) in [6.45, 7) is 4.82. The Kier molecular flexibility index (Phi) is 55.8. The van der Waals surface area contributed by atoms with E-state index < -0.39 is 97.5 Å². The molecule has 480 valence electrons. The minimum atomic E-state index is -4.94. The first-order valence-electron chi connectivity index (χ1n) is 32.8. The molecule has 0 rings (SSSR count). The van der Waals surface area contributed by atoms with E-state index in [4.69, 9.17) is 37.0 Å². The lowest BCUT2D eigenvalue weighted by Gasteiger charge is -2.21. The molecule has 0 spiro atoms. The van der Waals surface area contributed by atoms with Crippen LogP contribution in [-0.2, 0) is 65.4 Å². The van der Waals surface area contributed by atoms with Crippen molar-refractivity contribution in [3.63, 3.8) is 0 Å². The van der Waals surface area contributed by atoms with E-state index in [1.807, 2.05) is 0 Å². The predicted octanol–water partition coefficient (Wildman–Crippen LogP) is 17.2. The Morgan fingerprint density at radius 2 is 0.494 bits per heavy atom. The van der Waals surface area contributed by atoms with Gasteiger partial charge in [0.2, 0.25) is 0 Å². The standard InChI is InChI=1S/C62H120O17P2/c1-5-9-13-17-21-25-26-27-28-29-30-31-33-37-41-45-49-62(67)79-58(53-73-60(65)47-43-39-36-32-22-18-14-10-6-2)55-77-81(70,71)75-51-56(63)50-74-80(68,69)76-54-57(78-61(66)48-44-40-35-24-20-16-12-8-4)52-72-59(64)46-42-38-34-23-19-15-11-7-3/h56-58,63H,5-55H2,1-4H3,(H,68,69)(H,70,71)/t56-,57+,58+/m0/s1. The average Bonchev–Trinajstić information content (AvgIpc) is 3.44. The van der Waals surface area contributed by atoms with Crippen LogP contribution in [0.15, 0.2) is 0 Å². The molecule has 0 aromatic carbocycles. The number of rotatable bonds is 63. The number of ether oxygens (including phenoxy) is 4. The summed E-state index contributed by atoms with van der Waals surface area (Å²) in [6.07, 6.45) is 41.8. The minimum absolute atomic E-state index is 0.105. The fourth-order valence-electron chi connectivity index (χ4n) is 9.28. The van der Waals surface area contributed by atoms with Gasteiger partial charge in [-0.1, -0.05) is 265 Å². The van der Waals surface area contributed by atoms with Crippen molar-refractivity contribution in [3.05, 3.63) is 0 Å². The second-order valence-corrected chi connectivity index (χ2v) is 25.4. The van der Waals surface area contributed by atoms with Gasteiger partial charge in [0.05, 0.1) is 26.4 Å². The van der Waals surface area contributed by atoms with Gasteiger partial charge in [-0.3, -0.25) is 37.3 Å². The fourth-order valence-corrected chi connectivity index (χ4v) is 10.9. The molecule has 5 atom stereocenters. The molecule has 0 saturated carbocycles. The van der Waals surface area contributed by atoms with Crippen molar-refractivity contribution in [1.29, 1.82) is 0 Å². The summed E-state index contributed by atoms with van der Waals surface area (Å²) in [7, 11) is -9.87. The molecule has 0 saturated heterocycles. The van der Waals surface area contributed by atoms with Crippen molar-refractivity contribution in [3.8, 4) is 0 Å². The van der Waals surface area contributed by atoms with Crippen molar-refractivity contribution in [1.82, 2.24) is 0 Å². The maximum absolute atomic E-state index is 12.9. The van der Waals surface area contributed by atoms with E-state index in [1.54, 1.807) is 0 Å². The summed E-state index contributed by atoms with van der Waals surface area (Å²) in [5.74, 6) is -2.14. The van der Waals surface area contributed by atoms with Crippen molar-refractivity contribution >= 4 is 39.5 Å². The van der Waals surface area contributed by atoms with Crippen LogP contribution >= 0.6 is 15.6 Å². The van der Waals surface area contributed by atoms with Crippen LogP contribution in [0, 0.1) is 0 Å².